The van der Waals surface area contributed by atoms with Crippen LogP contribution in [0.2, 0.25) is 0 Å². The monoisotopic (exact) mass is 499 g/mol. The van der Waals surface area contributed by atoms with Gasteiger partial charge in [0.2, 0.25) is 11.8 Å². The molecule has 0 atom stereocenters. The molecule has 4 rings (SSSR count). The van der Waals surface area contributed by atoms with E-state index in [9.17, 15) is 4.79 Å². The Morgan fingerprint density at radius 2 is 1.54 bits per heavy atom. The van der Waals surface area contributed by atoms with Crippen LogP contribution in [0.4, 0.5) is 22.1 Å². The number of aryl methyl sites for hydroxylation is 1. The highest BCUT2D eigenvalue weighted by Gasteiger charge is 2.18. The molecule has 8 nitrogen and oxygen atoms in total. The van der Waals surface area contributed by atoms with Gasteiger partial charge in [-0.05, 0) is 42.2 Å². The van der Waals surface area contributed by atoms with Crippen LogP contribution in [0.3, 0.4) is 0 Å². The average Bonchev–Trinajstić information content (AvgIpc) is 2.84. The fourth-order valence-electron chi connectivity index (χ4n) is 3.91. The second kappa shape index (κ2) is 10.3. The van der Waals surface area contributed by atoms with Crippen molar-refractivity contribution in [2.75, 3.05) is 36.7 Å². The normalized spacial score (nSPS) is 11.2. The van der Waals surface area contributed by atoms with Gasteiger partial charge in [0.25, 0.3) is 0 Å². The summed E-state index contributed by atoms with van der Waals surface area (Å²) in [6, 6.07) is 18.6. The van der Waals surface area contributed by atoms with E-state index in [1.165, 1.54) is 0 Å². The van der Waals surface area contributed by atoms with E-state index >= 15 is 0 Å². The Kier molecular flexibility index (Phi) is 7.20. The molecule has 1 heterocycles. The van der Waals surface area contributed by atoms with Crippen molar-refractivity contribution >= 4 is 34.1 Å². The van der Waals surface area contributed by atoms with E-state index in [2.05, 4.69) is 41.4 Å². The maximum Gasteiger partial charge on any atom is 0.323 e. The first-order valence-electron chi connectivity index (χ1n) is 12.0. The second-order valence-electron chi connectivity index (χ2n) is 10.0. The zero-order chi connectivity index (χ0) is 26.7. The van der Waals surface area contributed by atoms with Gasteiger partial charge in [-0.15, -0.1) is 0 Å². The number of hydrogen-bond acceptors (Lipinski definition) is 6. The van der Waals surface area contributed by atoms with Gasteiger partial charge in [0.15, 0.2) is 0 Å². The Hall–Kier alpha value is -4.33. The minimum atomic E-state index is -0.370. The predicted octanol–water partition coefficient (Wildman–Crippen LogP) is 6.75. The summed E-state index contributed by atoms with van der Waals surface area (Å²) in [7, 11) is 5.35. The highest BCUT2D eigenvalue weighted by molar-refractivity contribution is 6.08. The lowest BCUT2D eigenvalue weighted by Gasteiger charge is -2.21. The van der Waals surface area contributed by atoms with Gasteiger partial charge in [0.05, 0.1) is 18.5 Å². The number of carbonyl (C=O) groups excluding carboxylic acids is 1. The van der Waals surface area contributed by atoms with Crippen molar-refractivity contribution < 1.29 is 14.3 Å². The first-order chi connectivity index (χ1) is 17.5. The van der Waals surface area contributed by atoms with Crippen LogP contribution in [0.5, 0.6) is 17.4 Å². The van der Waals surface area contributed by atoms with Gasteiger partial charge in [0.1, 0.15) is 11.5 Å². The highest BCUT2D eigenvalue weighted by atomic mass is 16.5. The van der Waals surface area contributed by atoms with Gasteiger partial charge in [-0.25, -0.2) is 9.78 Å². The molecule has 3 aromatic carbocycles. The molecule has 0 radical (unpaired) electrons. The third-order valence-electron chi connectivity index (χ3n) is 5.88. The van der Waals surface area contributed by atoms with Crippen molar-refractivity contribution in [3.8, 4) is 17.4 Å². The van der Waals surface area contributed by atoms with Crippen LogP contribution in [0.15, 0.2) is 60.7 Å². The van der Waals surface area contributed by atoms with Crippen molar-refractivity contribution in [3.05, 3.63) is 71.9 Å². The molecule has 0 saturated heterocycles. The predicted molar refractivity (Wildman–Crippen MR) is 149 cm³/mol. The number of nitrogens with one attached hydrogen (secondary N) is 2. The molecule has 2 N–H and O–H groups in total. The Balaban J connectivity index is 1.61. The number of fused-ring (bicyclic) bond motifs is 1. The molecule has 0 unspecified atom stereocenters. The SMILES string of the molecule is COc1ccc(C(C)(C)C)cc1NC(=O)Nc1ccc(Oc2cc(C)nc(N(C)C)n2)c2ccccc12. The molecule has 0 spiro atoms. The minimum absolute atomic E-state index is 0.0687. The molecule has 0 bridgehead atoms. The van der Waals surface area contributed by atoms with Crippen LogP contribution < -0.4 is 25.0 Å². The van der Waals surface area contributed by atoms with Gasteiger partial charge in [-0.3, -0.25) is 0 Å². The number of rotatable bonds is 6. The smallest absolute Gasteiger partial charge is 0.323 e. The number of ether oxygens (including phenoxy) is 2. The minimum Gasteiger partial charge on any atom is -0.495 e. The van der Waals surface area contributed by atoms with E-state index < -0.39 is 0 Å². The zero-order valence-electron chi connectivity index (χ0n) is 22.3. The quantitative estimate of drug-likeness (QED) is 0.305. The van der Waals surface area contributed by atoms with Gasteiger partial charge in [-0.2, -0.15) is 4.98 Å². The summed E-state index contributed by atoms with van der Waals surface area (Å²) in [6.45, 7) is 8.27. The van der Waals surface area contributed by atoms with Crippen LogP contribution in [-0.2, 0) is 5.41 Å². The lowest BCUT2D eigenvalue weighted by Crippen LogP contribution is -2.21. The first-order valence-corrected chi connectivity index (χ1v) is 12.0. The summed E-state index contributed by atoms with van der Waals surface area (Å²) in [5.74, 6) is 2.24. The van der Waals surface area contributed by atoms with Crippen molar-refractivity contribution in [1.29, 1.82) is 0 Å². The van der Waals surface area contributed by atoms with Crippen LogP contribution in [-0.4, -0.2) is 37.2 Å². The van der Waals surface area contributed by atoms with Gasteiger partial charge >= 0.3 is 6.03 Å². The summed E-state index contributed by atoms with van der Waals surface area (Å²) in [5, 5.41) is 7.59. The maximum atomic E-state index is 13.0. The topological polar surface area (TPSA) is 88.6 Å². The van der Waals surface area contributed by atoms with E-state index in [4.69, 9.17) is 9.47 Å². The van der Waals surface area contributed by atoms with Crippen LogP contribution in [0.1, 0.15) is 32.0 Å². The molecule has 0 aliphatic carbocycles. The molecular weight excluding hydrogens is 466 g/mol. The molecule has 192 valence electrons. The number of nitrogens with zero attached hydrogens (tertiary/aromatic N) is 3. The van der Waals surface area contributed by atoms with Crippen molar-refractivity contribution in [2.24, 2.45) is 0 Å². The van der Waals surface area contributed by atoms with Crippen LogP contribution in [0.25, 0.3) is 10.8 Å². The average molecular weight is 500 g/mol. The number of urea groups is 1. The lowest BCUT2D eigenvalue weighted by molar-refractivity contribution is 0.262. The molecule has 4 aromatic rings. The van der Waals surface area contributed by atoms with Crippen LogP contribution >= 0.6 is 0 Å². The molecule has 0 fully saturated rings. The third-order valence-corrected chi connectivity index (χ3v) is 5.88. The third kappa shape index (κ3) is 5.91. The number of hydrogen-bond donors (Lipinski definition) is 2. The molecular formula is C29H33N5O3. The fourth-order valence-corrected chi connectivity index (χ4v) is 3.91. The van der Waals surface area contributed by atoms with Crippen molar-refractivity contribution in [3.63, 3.8) is 0 Å². The molecule has 0 saturated carbocycles. The number of anilines is 3. The van der Waals surface area contributed by atoms with Crippen molar-refractivity contribution in [1.82, 2.24) is 9.97 Å². The Morgan fingerprint density at radius 1 is 0.865 bits per heavy atom. The summed E-state index contributed by atoms with van der Waals surface area (Å²) in [6.07, 6.45) is 0. The number of carbonyl (C=O) groups is 1. The Morgan fingerprint density at radius 3 is 2.22 bits per heavy atom. The Bertz CT molecular complexity index is 1440. The molecule has 2 amide bonds. The number of amides is 2. The highest BCUT2D eigenvalue weighted by Crippen LogP contribution is 2.35. The second-order valence-corrected chi connectivity index (χ2v) is 10.0. The molecule has 37 heavy (non-hydrogen) atoms. The maximum absolute atomic E-state index is 13.0. The lowest BCUT2D eigenvalue weighted by atomic mass is 9.87. The van der Waals surface area contributed by atoms with Crippen LogP contribution in [0, 0.1) is 6.92 Å². The number of methoxy groups -OCH3 is 1. The summed E-state index contributed by atoms with van der Waals surface area (Å²) in [5.41, 5.74) is 3.08. The Labute approximate surface area is 217 Å². The van der Waals surface area contributed by atoms with Gasteiger partial charge in [-0.1, -0.05) is 51.1 Å². The number of aromatic nitrogens is 2. The summed E-state index contributed by atoms with van der Waals surface area (Å²) < 4.78 is 11.6. The molecule has 8 heteroatoms. The van der Waals surface area contributed by atoms with E-state index in [0.717, 1.165) is 22.0 Å². The van der Waals surface area contributed by atoms with Gasteiger partial charge in [0, 0.05) is 36.6 Å². The van der Waals surface area contributed by atoms with E-state index in [1.54, 1.807) is 13.2 Å². The summed E-state index contributed by atoms with van der Waals surface area (Å²) in [4.78, 5) is 23.8. The number of benzene rings is 3. The molecule has 0 aliphatic rings. The zero-order valence-corrected chi connectivity index (χ0v) is 22.3. The standard InChI is InChI=1S/C29H33N5O3/c1-18-16-26(33-27(30-18)34(5)6)37-24-15-13-22(20-10-8-9-11-21(20)24)31-28(35)32-23-17-19(29(2,3)4)12-14-25(23)36-7/h8-17H,1-7H3,(H2,31,32,35). The van der Waals surface area contributed by atoms with Crippen molar-refractivity contribution in [2.45, 2.75) is 33.1 Å². The first kappa shape index (κ1) is 25.8. The van der Waals surface area contributed by atoms with E-state index in [1.807, 2.05) is 80.5 Å². The largest absolute Gasteiger partial charge is 0.495 e. The van der Waals surface area contributed by atoms with E-state index in [-0.39, 0.29) is 11.4 Å². The molecule has 1 aromatic heterocycles. The molecule has 0 aliphatic heterocycles. The van der Waals surface area contributed by atoms with E-state index in [0.29, 0.717) is 34.7 Å². The fraction of sp³-hybridized carbons (Fsp3) is 0.276. The summed E-state index contributed by atoms with van der Waals surface area (Å²) >= 11 is 0. The van der Waals surface area contributed by atoms with Gasteiger partial charge < -0.3 is 25.0 Å².